The van der Waals surface area contributed by atoms with E-state index >= 15 is 0 Å². The average molecular weight is 333 g/mol. The zero-order valence-corrected chi connectivity index (χ0v) is 14.9. The van der Waals surface area contributed by atoms with Gasteiger partial charge in [-0.15, -0.1) is 0 Å². The Balaban J connectivity index is 1.80. The molecule has 0 aliphatic rings. The molecule has 0 aliphatic carbocycles. The van der Waals surface area contributed by atoms with E-state index in [4.69, 9.17) is 4.98 Å². The van der Waals surface area contributed by atoms with Gasteiger partial charge in [0.15, 0.2) is 0 Å². The number of pyridine rings is 2. The molecule has 0 saturated carbocycles. The third-order valence-corrected chi connectivity index (χ3v) is 4.55. The van der Waals surface area contributed by atoms with E-state index in [0.29, 0.717) is 0 Å². The van der Waals surface area contributed by atoms with Crippen molar-refractivity contribution in [2.75, 3.05) is 32.5 Å². The molecule has 0 spiro atoms. The molecule has 0 amide bonds. The van der Waals surface area contributed by atoms with Crippen molar-refractivity contribution in [3.05, 3.63) is 42.4 Å². The predicted octanol–water partition coefficient (Wildman–Crippen LogP) is 3.94. The lowest BCUT2D eigenvalue weighted by molar-refractivity contribution is 0.405. The number of hydrogen-bond acceptors (Lipinski definition) is 4. The van der Waals surface area contributed by atoms with Gasteiger partial charge in [-0.05, 0) is 58.3 Å². The lowest BCUT2D eigenvalue weighted by Gasteiger charge is -2.13. The first-order chi connectivity index (χ1) is 12.1. The highest BCUT2D eigenvalue weighted by molar-refractivity contribution is 6.12. The van der Waals surface area contributed by atoms with Crippen LogP contribution in [-0.4, -0.2) is 47.0 Å². The molecule has 2 N–H and O–H groups in total. The van der Waals surface area contributed by atoms with Crippen molar-refractivity contribution in [2.45, 2.75) is 13.3 Å². The molecule has 0 aliphatic heterocycles. The third kappa shape index (κ3) is 3.03. The van der Waals surface area contributed by atoms with Crippen LogP contribution >= 0.6 is 0 Å². The summed E-state index contributed by atoms with van der Waals surface area (Å²) in [5.41, 5.74) is 5.41. The summed E-state index contributed by atoms with van der Waals surface area (Å²) in [6.07, 6.45) is 4.85. The van der Waals surface area contributed by atoms with E-state index in [9.17, 15) is 0 Å². The molecule has 1 aromatic carbocycles. The SMILES string of the molecule is Cc1cc(NCCCN(C)C)c2cc3c(cc2n1)[nH]c1ccncc13. The molecule has 0 radical (unpaired) electrons. The molecule has 0 saturated heterocycles. The number of aromatic amines is 1. The molecular weight excluding hydrogens is 310 g/mol. The Morgan fingerprint density at radius 3 is 2.80 bits per heavy atom. The Bertz CT molecular complexity index is 1050. The first kappa shape index (κ1) is 15.8. The number of fused-ring (bicyclic) bond motifs is 4. The van der Waals surface area contributed by atoms with Gasteiger partial charge in [0.2, 0.25) is 0 Å². The van der Waals surface area contributed by atoms with Crippen molar-refractivity contribution in [1.82, 2.24) is 19.9 Å². The van der Waals surface area contributed by atoms with Gasteiger partial charge in [-0.25, -0.2) is 0 Å². The summed E-state index contributed by atoms with van der Waals surface area (Å²) in [5, 5.41) is 7.10. The van der Waals surface area contributed by atoms with Crippen molar-refractivity contribution in [2.24, 2.45) is 0 Å². The quantitative estimate of drug-likeness (QED) is 0.543. The number of anilines is 1. The molecule has 0 fully saturated rings. The summed E-state index contributed by atoms with van der Waals surface area (Å²) < 4.78 is 0. The van der Waals surface area contributed by atoms with E-state index in [1.54, 1.807) is 0 Å². The topological polar surface area (TPSA) is 56.8 Å². The lowest BCUT2D eigenvalue weighted by Crippen LogP contribution is -2.16. The van der Waals surface area contributed by atoms with Crippen LogP contribution in [0.5, 0.6) is 0 Å². The van der Waals surface area contributed by atoms with Crippen LogP contribution in [0.3, 0.4) is 0 Å². The number of hydrogen-bond donors (Lipinski definition) is 2. The fraction of sp³-hybridized carbons (Fsp3) is 0.300. The van der Waals surface area contributed by atoms with Crippen molar-refractivity contribution in [3.63, 3.8) is 0 Å². The van der Waals surface area contributed by atoms with Crippen LogP contribution in [0.25, 0.3) is 32.7 Å². The van der Waals surface area contributed by atoms with E-state index in [1.807, 2.05) is 25.4 Å². The Morgan fingerprint density at radius 1 is 1.08 bits per heavy atom. The molecule has 5 nitrogen and oxygen atoms in total. The largest absolute Gasteiger partial charge is 0.384 e. The standard InChI is InChI=1S/C20H23N5/c1-13-9-18(22-6-4-8-25(2)3)15-10-14-16-12-21-7-5-17(16)24-19(14)11-20(15)23-13/h5,7,9-12,24H,4,6,8H2,1-3H3,(H,22,23). The van der Waals surface area contributed by atoms with Crippen LogP contribution in [0.4, 0.5) is 5.69 Å². The second-order valence-corrected chi connectivity index (χ2v) is 6.86. The van der Waals surface area contributed by atoms with E-state index in [-0.39, 0.29) is 0 Å². The highest BCUT2D eigenvalue weighted by atomic mass is 15.1. The van der Waals surface area contributed by atoms with E-state index in [0.717, 1.165) is 58.2 Å². The van der Waals surface area contributed by atoms with Gasteiger partial charge in [0.25, 0.3) is 0 Å². The number of aromatic nitrogens is 3. The highest BCUT2D eigenvalue weighted by Crippen LogP contribution is 2.32. The van der Waals surface area contributed by atoms with Gasteiger partial charge in [0, 0.05) is 57.5 Å². The van der Waals surface area contributed by atoms with E-state index in [1.165, 1.54) is 5.39 Å². The molecule has 0 unspecified atom stereocenters. The van der Waals surface area contributed by atoms with E-state index in [2.05, 4.69) is 52.5 Å². The molecular formula is C20H23N5. The maximum absolute atomic E-state index is 4.73. The molecule has 25 heavy (non-hydrogen) atoms. The van der Waals surface area contributed by atoms with Gasteiger partial charge >= 0.3 is 0 Å². The van der Waals surface area contributed by atoms with Gasteiger partial charge in [0.1, 0.15) is 0 Å². The van der Waals surface area contributed by atoms with Crippen molar-refractivity contribution in [1.29, 1.82) is 0 Å². The van der Waals surface area contributed by atoms with Gasteiger partial charge in [-0.2, -0.15) is 0 Å². The zero-order valence-electron chi connectivity index (χ0n) is 14.9. The summed E-state index contributed by atoms with van der Waals surface area (Å²) in [6, 6.07) is 8.52. The van der Waals surface area contributed by atoms with Gasteiger partial charge < -0.3 is 15.2 Å². The number of H-pyrrole nitrogens is 1. The Morgan fingerprint density at radius 2 is 1.96 bits per heavy atom. The monoisotopic (exact) mass is 333 g/mol. The number of rotatable bonds is 5. The first-order valence-corrected chi connectivity index (χ1v) is 8.67. The fourth-order valence-corrected chi connectivity index (χ4v) is 3.36. The van der Waals surface area contributed by atoms with Crippen LogP contribution in [0, 0.1) is 6.92 Å². The van der Waals surface area contributed by atoms with E-state index < -0.39 is 0 Å². The van der Waals surface area contributed by atoms with Gasteiger partial charge in [-0.1, -0.05) is 0 Å². The Labute approximate surface area is 147 Å². The van der Waals surface area contributed by atoms with Crippen molar-refractivity contribution < 1.29 is 0 Å². The molecule has 0 bridgehead atoms. The molecule has 5 heteroatoms. The number of nitrogens with one attached hydrogen (secondary N) is 2. The summed E-state index contributed by atoms with van der Waals surface area (Å²) in [5.74, 6) is 0. The molecule has 4 aromatic rings. The second-order valence-electron chi connectivity index (χ2n) is 6.86. The van der Waals surface area contributed by atoms with Crippen molar-refractivity contribution >= 4 is 38.4 Å². The summed E-state index contributed by atoms with van der Waals surface area (Å²) in [7, 11) is 4.21. The second kappa shape index (κ2) is 6.33. The molecule has 3 heterocycles. The van der Waals surface area contributed by atoms with Crippen LogP contribution in [-0.2, 0) is 0 Å². The molecule has 128 valence electrons. The molecule has 3 aromatic heterocycles. The van der Waals surface area contributed by atoms with Crippen LogP contribution < -0.4 is 5.32 Å². The summed E-state index contributed by atoms with van der Waals surface area (Å²) in [6.45, 7) is 4.07. The minimum Gasteiger partial charge on any atom is -0.384 e. The Kier molecular flexibility index (Phi) is 4.01. The summed E-state index contributed by atoms with van der Waals surface area (Å²) in [4.78, 5) is 14.7. The van der Waals surface area contributed by atoms with Crippen LogP contribution in [0.1, 0.15) is 12.1 Å². The maximum Gasteiger partial charge on any atom is 0.0747 e. The zero-order chi connectivity index (χ0) is 17.4. The van der Waals surface area contributed by atoms with Crippen LogP contribution in [0.15, 0.2) is 36.7 Å². The third-order valence-electron chi connectivity index (χ3n) is 4.55. The van der Waals surface area contributed by atoms with Gasteiger partial charge in [-0.3, -0.25) is 9.97 Å². The molecule has 0 atom stereocenters. The average Bonchev–Trinajstić information content (AvgIpc) is 2.94. The smallest absolute Gasteiger partial charge is 0.0747 e. The normalized spacial score (nSPS) is 11.8. The minimum absolute atomic E-state index is 0.949. The maximum atomic E-state index is 4.73. The first-order valence-electron chi connectivity index (χ1n) is 8.67. The summed E-state index contributed by atoms with van der Waals surface area (Å²) >= 11 is 0. The lowest BCUT2D eigenvalue weighted by atomic mass is 10.1. The Hall–Kier alpha value is -2.66. The predicted molar refractivity (Wildman–Crippen MR) is 105 cm³/mol. The van der Waals surface area contributed by atoms with Gasteiger partial charge in [0.05, 0.1) is 5.52 Å². The number of aryl methyl sites for hydroxylation is 1. The fourth-order valence-electron chi connectivity index (χ4n) is 3.36. The van der Waals surface area contributed by atoms with Crippen LogP contribution in [0.2, 0.25) is 0 Å². The molecule has 4 rings (SSSR count). The highest BCUT2D eigenvalue weighted by Gasteiger charge is 2.10. The number of benzene rings is 1. The number of nitrogens with zero attached hydrogens (tertiary/aromatic N) is 3. The van der Waals surface area contributed by atoms with Crippen molar-refractivity contribution in [3.8, 4) is 0 Å². The minimum atomic E-state index is 0.949.